The molecule has 0 aliphatic heterocycles. The fourth-order valence-corrected chi connectivity index (χ4v) is 5.66. The standard InChI is InChI=1S/C26H22ClFN4O3S/c1-15-7-4-5-8-16(15)21(14-30-2)32-25(33)24-20(31(26(32)34)10-6-9-29)13-23(36-24)17-11-22(35-3)19(28)12-18(17)27/h4-5,7-8,11-13,21H,2,6,10,14H2,1,3H3/t21-/m0/s1. The lowest BCUT2D eigenvalue weighted by atomic mass is 10.0. The Morgan fingerprint density at radius 3 is 2.69 bits per heavy atom. The minimum atomic E-state index is -0.679. The van der Waals surface area contributed by atoms with Crippen LogP contribution >= 0.6 is 22.9 Å². The summed E-state index contributed by atoms with van der Waals surface area (Å²) in [5.74, 6) is -0.610. The summed E-state index contributed by atoms with van der Waals surface area (Å²) < 4.78 is 22.1. The van der Waals surface area contributed by atoms with Gasteiger partial charge in [0.25, 0.3) is 5.56 Å². The van der Waals surface area contributed by atoms with Gasteiger partial charge >= 0.3 is 5.69 Å². The average molecular weight is 525 g/mol. The van der Waals surface area contributed by atoms with Crippen LogP contribution in [0.2, 0.25) is 5.02 Å². The first-order chi connectivity index (χ1) is 17.3. The monoisotopic (exact) mass is 524 g/mol. The maximum absolute atomic E-state index is 14.1. The van der Waals surface area contributed by atoms with Gasteiger partial charge in [-0.05, 0) is 43.0 Å². The minimum absolute atomic E-state index is 0.00260. The van der Waals surface area contributed by atoms with Crippen LogP contribution in [0.4, 0.5) is 4.39 Å². The summed E-state index contributed by atoms with van der Waals surface area (Å²) in [5.41, 5.74) is 1.49. The molecule has 0 saturated carbocycles. The number of ether oxygens (including phenoxy) is 1. The quantitative estimate of drug-likeness (QED) is 0.296. The van der Waals surface area contributed by atoms with Crippen LogP contribution in [-0.2, 0) is 6.54 Å². The normalized spacial score (nSPS) is 11.9. The molecule has 2 heterocycles. The van der Waals surface area contributed by atoms with E-state index in [1.54, 1.807) is 6.07 Å². The summed E-state index contributed by atoms with van der Waals surface area (Å²) in [6.45, 7) is 5.68. The van der Waals surface area contributed by atoms with Crippen LogP contribution in [0.1, 0.15) is 23.6 Å². The molecular formula is C26H22ClFN4O3S. The molecule has 7 nitrogen and oxygen atoms in total. The van der Waals surface area contributed by atoms with E-state index in [1.165, 1.54) is 22.3 Å². The molecule has 4 rings (SSSR count). The lowest BCUT2D eigenvalue weighted by molar-refractivity contribution is 0.387. The number of methoxy groups -OCH3 is 1. The Balaban J connectivity index is 2.04. The number of aliphatic imine (C=N–C) groups is 1. The van der Waals surface area contributed by atoms with Gasteiger partial charge in [-0.15, -0.1) is 11.3 Å². The molecule has 0 radical (unpaired) electrons. The third-order valence-corrected chi connectivity index (χ3v) is 7.43. The highest BCUT2D eigenvalue weighted by molar-refractivity contribution is 7.22. The topological polar surface area (TPSA) is 89.4 Å². The number of hydrogen-bond donors (Lipinski definition) is 0. The minimum Gasteiger partial charge on any atom is -0.494 e. The first kappa shape index (κ1) is 25.4. The van der Waals surface area contributed by atoms with Crippen LogP contribution < -0.4 is 16.0 Å². The third kappa shape index (κ3) is 4.45. The van der Waals surface area contributed by atoms with Crippen LogP contribution in [0.25, 0.3) is 20.7 Å². The zero-order chi connectivity index (χ0) is 26.0. The predicted octanol–water partition coefficient (Wildman–Crippen LogP) is 5.20. The largest absolute Gasteiger partial charge is 0.494 e. The first-order valence-corrected chi connectivity index (χ1v) is 12.2. The number of nitrogens with zero attached hydrogens (tertiary/aromatic N) is 4. The molecule has 36 heavy (non-hydrogen) atoms. The van der Waals surface area contributed by atoms with Crippen LogP contribution in [0.5, 0.6) is 5.75 Å². The van der Waals surface area contributed by atoms with Crippen molar-refractivity contribution in [3.05, 3.63) is 85.3 Å². The molecule has 0 aliphatic carbocycles. The second kappa shape index (κ2) is 10.5. The molecule has 0 fully saturated rings. The number of halogens is 2. The molecule has 10 heteroatoms. The SMILES string of the molecule is C=NC[C@@H](c1ccccc1C)n1c(=O)c2sc(-c3cc(OC)c(F)cc3Cl)cc2n(CCC#N)c1=O. The van der Waals surface area contributed by atoms with E-state index in [9.17, 15) is 19.2 Å². The van der Waals surface area contributed by atoms with Crippen molar-refractivity contribution in [3.8, 4) is 22.3 Å². The van der Waals surface area contributed by atoms with E-state index in [1.807, 2.05) is 31.2 Å². The van der Waals surface area contributed by atoms with Gasteiger partial charge in [0.1, 0.15) is 4.70 Å². The van der Waals surface area contributed by atoms with Gasteiger partial charge in [-0.3, -0.25) is 14.4 Å². The van der Waals surface area contributed by atoms with Crippen molar-refractivity contribution in [3.63, 3.8) is 0 Å². The first-order valence-electron chi connectivity index (χ1n) is 11.0. The molecule has 1 atom stereocenters. The van der Waals surface area contributed by atoms with Crippen molar-refractivity contribution >= 4 is 39.9 Å². The summed E-state index contributed by atoms with van der Waals surface area (Å²) in [7, 11) is 1.35. The Bertz CT molecular complexity index is 1630. The van der Waals surface area contributed by atoms with Crippen molar-refractivity contribution in [2.45, 2.75) is 25.9 Å². The number of aromatic nitrogens is 2. The van der Waals surface area contributed by atoms with E-state index in [0.29, 0.717) is 20.7 Å². The molecule has 0 amide bonds. The number of nitriles is 1. The molecule has 2 aromatic carbocycles. The molecular weight excluding hydrogens is 503 g/mol. The number of rotatable bonds is 8. The molecule has 0 bridgehead atoms. The average Bonchev–Trinajstić information content (AvgIpc) is 3.29. The predicted molar refractivity (Wildman–Crippen MR) is 141 cm³/mol. The number of aryl methyl sites for hydroxylation is 2. The molecule has 0 N–H and O–H groups in total. The summed E-state index contributed by atoms with van der Waals surface area (Å²) in [4.78, 5) is 32.1. The maximum atomic E-state index is 14.1. The Morgan fingerprint density at radius 1 is 1.28 bits per heavy atom. The van der Waals surface area contributed by atoms with E-state index in [-0.39, 0.29) is 30.3 Å². The fraction of sp³-hybridized carbons (Fsp3) is 0.231. The van der Waals surface area contributed by atoms with Gasteiger partial charge in [-0.25, -0.2) is 13.8 Å². The van der Waals surface area contributed by atoms with Crippen LogP contribution in [0.3, 0.4) is 0 Å². The molecule has 184 valence electrons. The van der Waals surface area contributed by atoms with E-state index < -0.39 is 23.1 Å². The van der Waals surface area contributed by atoms with Gasteiger partial charge in [0.15, 0.2) is 11.6 Å². The number of fused-ring (bicyclic) bond motifs is 1. The van der Waals surface area contributed by atoms with E-state index in [0.717, 1.165) is 28.5 Å². The number of thiophene rings is 1. The van der Waals surface area contributed by atoms with Crippen molar-refractivity contribution in [2.75, 3.05) is 13.7 Å². The zero-order valence-electron chi connectivity index (χ0n) is 19.6. The van der Waals surface area contributed by atoms with Gasteiger partial charge in [-0.2, -0.15) is 5.26 Å². The summed E-state index contributed by atoms with van der Waals surface area (Å²) >= 11 is 7.47. The van der Waals surface area contributed by atoms with Crippen LogP contribution in [-0.4, -0.2) is 29.5 Å². The van der Waals surface area contributed by atoms with Gasteiger partial charge < -0.3 is 4.74 Å². The second-order valence-corrected chi connectivity index (χ2v) is 9.55. The van der Waals surface area contributed by atoms with Crippen LogP contribution in [0.15, 0.2) is 57.0 Å². The lowest BCUT2D eigenvalue weighted by Gasteiger charge is -2.21. The Morgan fingerprint density at radius 2 is 2.03 bits per heavy atom. The second-order valence-electron chi connectivity index (χ2n) is 8.09. The highest BCUT2D eigenvalue weighted by Gasteiger charge is 2.25. The molecule has 2 aromatic heterocycles. The smallest absolute Gasteiger partial charge is 0.332 e. The van der Waals surface area contributed by atoms with Crippen LogP contribution in [0, 0.1) is 24.1 Å². The maximum Gasteiger partial charge on any atom is 0.332 e. The third-order valence-electron chi connectivity index (χ3n) is 5.97. The number of benzene rings is 2. The summed E-state index contributed by atoms with van der Waals surface area (Å²) in [5, 5.41) is 9.34. The summed E-state index contributed by atoms with van der Waals surface area (Å²) in [6, 6.07) is 13.1. The fourth-order valence-electron chi connectivity index (χ4n) is 4.23. The van der Waals surface area contributed by atoms with Gasteiger partial charge in [0.05, 0.1) is 42.7 Å². The molecule has 0 unspecified atom stereocenters. The summed E-state index contributed by atoms with van der Waals surface area (Å²) in [6.07, 6.45) is 0.0677. The van der Waals surface area contributed by atoms with Gasteiger partial charge in [-0.1, -0.05) is 35.9 Å². The van der Waals surface area contributed by atoms with E-state index in [2.05, 4.69) is 17.8 Å². The van der Waals surface area contributed by atoms with Gasteiger partial charge in [0.2, 0.25) is 0 Å². The zero-order valence-corrected chi connectivity index (χ0v) is 21.2. The van der Waals surface area contributed by atoms with E-state index in [4.69, 9.17) is 16.3 Å². The van der Waals surface area contributed by atoms with Crippen molar-refractivity contribution < 1.29 is 9.13 Å². The Hall–Kier alpha value is -3.74. The number of hydrogen-bond acceptors (Lipinski definition) is 6. The lowest BCUT2D eigenvalue weighted by Crippen LogP contribution is -2.43. The van der Waals surface area contributed by atoms with Crippen molar-refractivity contribution in [2.24, 2.45) is 4.99 Å². The van der Waals surface area contributed by atoms with Crippen molar-refractivity contribution in [1.82, 2.24) is 9.13 Å². The molecule has 4 aromatic rings. The van der Waals surface area contributed by atoms with Gasteiger partial charge in [0, 0.05) is 17.0 Å². The Kier molecular flexibility index (Phi) is 7.38. The highest BCUT2D eigenvalue weighted by Crippen LogP contribution is 2.39. The highest BCUT2D eigenvalue weighted by atomic mass is 35.5. The Labute approximate surface area is 215 Å². The van der Waals surface area contributed by atoms with Crippen molar-refractivity contribution in [1.29, 1.82) is 5.26 Å². The van der Waals surface area contributed by atoms with E-state index >= 15 is 0 Å². The molecule has 0 aliphatic rings. The molecule has 0 saturated heterocycles. The molecule has 0 spiro atoms.